The first-order chi connectivity index (χ1) is 12.2. The Bertz CT molecular complexity index is 349. The van der Waals surface area contributed by atoms with Crippen LogP contribution in [-0.2, 0) is 9.53 Å². The summed E-state index contributed by atoms with van der Waals surface area (Å²) in [5.41, 5.74) is 0. The van der Waals surface area contributed by atoms with Crippen molar-refractivity contribution in [3.8, 4) is 0 Å². The summed E-state index contributed by atoms with van der Waals surface area (Å²) in [6.45, 7) is 6.64. The maximum absolute atomic E-state index is 12.2. The molecular formula is C21H40O2S2. The van der Waals surface area contributed by atoms with Crippen molar-refractivity contribution in [3.05, 3.63) is 0 Å². The lowest BCUT2D eigenvalue weighted by Gasteiger charge is -2.27. The number of esters is 1. The molecule has 2 atom stereocenters. The Morgan fingerprint density at radius 2 is 1.56 bits per heavy atom. The van der Waals surface area contributed by atoms with Crippen molar-refractivity contribution in [3.63, 3.8) is 0 Å². The van der Waals surface area contributed by atoms with E-state index in [1.165, 1.54) is 51.4 Å². The second kappa shape index (κ2) is 14.3. The third kappa shape index (κ3) is 10.2. The molecule has 0 aromatic carbocycles. The molecule has 4 heteroatoms. The lowest BCUT2D eigenvalue weighted by molar-refractivity contribution is -0.152. The zero-order valence-corrected chi connectivity index (χ0v) is 18.4. The van der Waals surface area contributed by atoms with E-state index in [2.05, 4.69) is 20.8 Å². The van der Waals surface area contributed by atoms with Gasteiger partial charge < -0.3 is 4.74 Å². The van der Waals surface area contributed by atoms with Crippen LogP contribution >= 0.6 is 21.6 Å². The lowest BCUT2D eigenvalue weighted by atomic mass is 10.0. The molecule has 2 nitrogen and oxygen atoms in total. The molecule has 0 aromatic heterocycles. The van der Waals surface area contributed by atoms with Gasteiger partial charge in [0.1, 0.15) is 0 Å². The van der Waals surface area contributed by atoms with Crippen LogP contribution in [0.4, 0.5) is 0 Å². The largest absolute Gasteiger partial charge is 0.447 e. The van der Waals surface area contributed by atoms with E-state index in [1.807, 2.05) is 21.6 Å². The quantitative estimate of drug-likeness (QED) is 0.162. The Morgan fingerprint density at radius 1 is 0.920 bits per heavy atom. The van der Waals surface area contributed by atoms with E-state index in [0.717, 1.165) is 38.5 Å². The Hall–Kier alpha value is 0.170. The van der Waals surface area contributed by atoms with Gasteiger partial charge in [-0.25, -0.2) is 0 Å². The average molecular weight is 389 g/mol. The topological polar surface area (TPSA) is 26.3 Å². The summed E-state index contributed by atoms with van der Waals surface area (Å²) < 4.78 is 5.99. The minimum Gasteiger partial charge on any atom is -0.447 e. The molecule has 1 heterocycles. The van der Waals surface area contributed by atoms with Gasteiger partial charge in [-0.05, 0) is 30.1 Å². The monoisotopic (exact) mass is 388 g/mol. The van der Waals surface area contributed by atoms with Gasteiger partial charge >= 0.3 is 5.97 Å². The van der Waals surface area contributed by atoms with Crippen molar-refractivity contribution in [1.29, 1.82) is 0 Å². The van der Waals surface area contributed by atoms with Crippen molar-refractivity contribution >= 4 is 27.6 Å². The first-order valence-corrected chi connectivity index (χ1v) is 12.9. The Morgan fingerprint density at radius 3 is 2.24 bits per heavy atom. The minimum atomic E-state index is -0.242. The molecule has 0 radical (unpaired) electrons. The van der Waals surface area contributed by atoms with Gasteiger partial charge in [0.05, 0.1) is 0 Å². The fraction of sp³-hybridized carbons (Fsp3) is 0.952. The molecule has 0 aromatic rings. The van der Waals surface area contributed by atoms with Crippen LogP contribution < -0.4 is 0 Å². The fourth-order valence-corrected chi connectivity index (χ4v) is 7.15. The number of carbonyl (C=O) groups excluding carboxylic acids is 1. The fourth-order valence-electron chi connectivity index (χ4n) is 3.46. The third-order valence-electron chi connectivity index (χ3n) is 4.92. The summed E-state index contributed by atoms with van der Waals surface area (Å²) in [6.07, 6.45) is 17.8. The predicted molar refractivity (Wildman–Crippen MR) is 114 cm³/mol. The number of unbranched alkanes of at least 4 members (excludes halogenated alkanes) is 8. The van der Waals surface area contributed by atoms with E-state index in [4.69, 9.17) is 4.74 Å². The third-order valence-corrected chi connectivity index (χ3v) is 8.46. The Labute approximate surface area is 164 Å². The first-order valence-electron chi connectivity index (χ1n) is 10.7. The van der Waals surface area contributed by atoms with E-state index in [9.17, 15) is 4.79 Å². The second-order valence-corrected chi connectivity index (χ2v) is 10.4. The number of hydrogen-bond acceptors (Lipinski definition) is 4. The average Bonchev–Trinajstić information content (AvgIpc) is 2.97. The highest BCUT2D eigenvalue weighted by atomic mass is 33.1. The Balaban J connectivity index is 2.26. The van der Waals surface area contributed by atoms with Gasteiger partial charge in [0.25, 0.3) is 0 Å². The molecule has 0 bridgehead atoms. The molecular weight excluding hydrogens is 348 g/mol. The molecule has 148 valence electrons. The molecule has 0 amide bonds. The molecule has 0 N–H and O–H groups in total. The van der Waals surface area contributed by atoms with Crippen LogP contribution in [0.15, 0.2) is 0 Å². The van der Waals surface area contributed by atoms with Crippen LogP contribution in [-0.4, -0.2) is 16.2 Å². The van der Waals surface area contributed by atoms with Crippen molar-refractivity contribution in [2.75, 3.05) is 0 Å². The number of carbonyl (C=O) groups is 1. The van der Waals surface area contributed by atoms with E-state index >= 15 is 0 Å². The summed E-state index contributed by atoms with van der Waals surface area (Å²) in [7, 11) is 3.81. The van der Waals surface area contributed by atoms with Gasteiger partial charge in [0.15, 0.2) is 4.93 Å². The van der Waals surface area contributed by atoms with Crippen molar-refractivity contribution in [1.82, 2.24) is 0 Å². The molecule has 1 saturated heterocycles. The molecule has 0 saturated carbocycles. The predicted octanol–water partition coefficient (Wildman–Crippen LogP) is 7.90. The molecule has 2 unspecified atom stereocenters. The van der Waals surface area contributed by atoms with Gasteiger partial charge in [-0.15, -0.1) is 0 Å². The van der Waals surface area contributed by atoms with Gasteiger partial charge in [-0.3, -0.25) is 4.79 Å². The standard InChI is InChI=1S/C21H40O2S2/c1-4-7-9-10-11-12-14-15-19-18-21(17-6-3,25-24-19)23-20(22)16-13-8-5-2/h19H,4-18H2,1-3H3. The minimum absolute atomic E-state index is 0.0200. The van der Waals surface area contributed by atoms with Crippen molar-refractivity contribution in [2.24, 2.45) is 0 Å². The smallest absolute Gasteiger partial charge is 0.307 e. The molecule has 1 rings (SSSR count). The summed E-state index contributed by atoms with van der Waals surface area (Å²) in [6, 6.07) is 0. The number of hydrogen-bond donors (Lipinski definition) is 0. The van der Waals surface area contributed by atoms with Gasteiger partial charge in [0, 0.05) is 18.1 Å². The highest BCUT2D eigenvalue weighted by Gasteiger charge is 2.43. The summed E-state index contributed by atoms with van der Waals surface area (Å²) in [4.78, 5) is 12.0. The van der Waals surface area contributed by atoms with Crippen LogP contribution in [0.1, 0.15) is 117 Å². The van der Waals surface area contributed by atoms with Gasteiger partial charge in [-0.1, -0.05) is 95.8 Å². The van der Waals surface area contributed by atoms with Crippen molar-refractivity contribution in [2.45, 2.75) is 127 Å². The highest BCUT2D eigenvalue weighted by Crippen LogP contribution is 2.55. The van der Waals surface area contributed by atoms with Gasteiger partial charge in [0.2, 0.25) is 0 Å². The summed E-state index contributed by atoms with van der Waals surface area (Å²) in [5.74, 6) is 0.0200. The number of ether oxygens (including phenoxy) is 1. The van der Waals surface area contributed by atoms with Gasteiger partial charge in [-0.2, -0.15) is 0 Å². The van der Waals surface area contributed by atoms with Crippen LogP contribution in [0.2, 0.25) is 0 Å². The zero-order chi connectivity index (χ0) is 18.4. The summed E-state index contributed by atoms with van der Waals surface area (Å²) >= 11 is 0. The molecule has 1 aliphatic rings. The molecule has 0 aliphatic carbocycles. The van der Waals surface area contributed by atoms with Crippen molar-refractivity contribution < 1.29 is 9.53 Å². The highest BCUT2D eigenvalue weighted by molar-refractivity contribution is 8.77. The normalized spacial score (nSPS) is 23.1. The maximum Gasteiger partial charge on any atom is 0.307 e. The first kappa shape index (κ1) is 23.2. The molecule has 25 heavy (non-hydrogen) atoms. The molecule has 1 fully saturated rings. The van der Waals surface area contributed by atoms with E-state index in [1.54, 1.807) is 0 Å². The summed E-state index contributed by atoms with van der Waals surface area (Å²) in [5, 5.41) is 0.663. The van der Waals surface area contributed by atoms with E-state index in [-0.39, 0.29) is 10.9 Å². The maximum atomic E-state index is 12.2. The lowest BCUT2D eigenvalue weighted by Crippen LogP contribution is -2.30. The zero-order valence-electron chi connectivity index (χ0n) is 16.8. The molecule has 1 aliphatic heterocycles. The van der Waals surface area contributed by atoms with E-state index in [0.29, 0.717) is 11.7 Å². The van der Waals surface area contributed by atoms with E-state index < -0.39 is 0 Å². The molecule has 0 spiro atoms. The van der Waals surface area contributed by atoms with Crippen LogP contribution in [0.25, 0.3) is 0 Å². The Kier molecular flexibility index (Phi) is 13.2. The van der Waals surface area contributed by atoms with Crippen LogP contribution in [0, 0.1) is 0 Å². The van der Waals surface area contributed by atoms with Crippen LogP contribution in [0.5, 0.6) is 0 Å². The SMILES string of the molecule is CCCCCCCCCC1CC(CCC)(OC(=O)CCCCC)SS1. The second-order valence-electron chi connectivity index (χ2n) is 7.51. The van der Waals surface area contributed by atoms with Crippen LogP contribution in [0.3, 0.4) is 0 Å². The number of rotatable bonds is 15.